The van der Waals surface area contributed by atoms with Crippen molar-refractivity contribution in [2.24, 2.45) is 5.73 Å². The fourth-order valence-electron chi connectivity index (χ4n) is 2.54. The summed E-state index contributed by atoms with van der Waals surface area (Å²) in [4.78, 5) is 0. The predicted octanol–water partition coefficient (Wildman–Crippen LogP) is 3.52. The van der Waals surface area contributed by atoms with Crippen LogP contribution in [0.25, 0.3) is 0 Å². The smallest absolute Gasteiger partial charge is 0.203 e. The Morgan fingerprint density at radius 3 is 2.26 bits per heavy atom. The molecule has 4 nitrogen and oxygen atoms in total. The average Bonchev–Trinajstić information content (AvgIpc) is 2.59. The number of ether oxygens (including phenoxy) is 3. The number of hydrogen-bond acceptors (Lipinski definition) is 4. The van der Waals surface area contributed by atoms with Crippen LogP contribution in [0.3, 0.4) is 0 Å². The van der Waals surface area contributed by atoms with Gasteiger partial charge in [-0.05, 0) is 43.5 Å². The molecule has 0 bridgehead atoms. The normalized spacial score (nSPS) is 11.8. The molecule has 23 heavy (non-hydrogen) atoms. The number of aryl methyl sites for hydroxylation is 1. The maximum atomic E-state index is 5.92. The van der Waals surface area contributed by atoms with Crippen molar-refractivity contribution in [3.8, 4) is 17.2 Å². The van der Waals surface area contributed by atoms with Crippen LogP contribution in [0.4, 0.5) is 0 Å². The summed E-state index contributed by atoms with van der Waals surface area (Å²) in [7, 11) is 3.23. The monoisotopic (exact) mass is 315 g/mol. The Hall–Kier alpha value is -2.20. The second-order valence-electron chi connectivity index (χ2n) is 5.47. The fraction of sp³-hybridized carbons (Fsp3) is 0.368. The molecule has 0 spiro atoms. The van der Waals surface area contributed by atoms with E-state index in [1.165, 1.54) is 11.1 Å². The molecule has 2 rings (SSSR count). The number of nitrogens with two attached hydrogens (primary N) is 1. The van der Waals surface area contributed by atoms with E-state index in [0.717, 1.165) is 6.42 Å². The molecule has 0 aliphatic rings. The Morgan fingerprint density at radius 2 is 1.65 bits per heavy atom. The lowest BCUT2D eigenvalue weighted by molar-refractivity contribution is 0.272. The first kappa shape index (κ1) is 17.2. The zero-order chi connectivity index (χ0) is 16.7. The zero-order valence-corrected chi connectivity index (χ0v) is 14.0. The summed E-state index contributed by atoms with van der Waals surface area (Å²) in [5.41, 5.74) is 8.42. The minimum absolute atomic E-state index is 0.284. The molecule has 0 radical (unpaired) electrons. The van der Waals surface area contributed by atoms with E-state index in [-0.39, 0.29) is 5.92 Å². The average molecular weight is 315 g/mol. The fourth-order valence-corrected chi connectivity index (χ4v) is 2.54. The van der Waals surface area contributed by atoms with E-state index < -0.39 is 0 Å². The molecular formula is C19H25NO3. The van der Waals surface area contributed by atoms with Crippen LogP contribution < -0.4 is 19.9 Å². The molecule has 2 aromatic rings. The first-order chi connectivity index (χ1) is 11.2. The predicted molar refractivity (Wildman–Crippen MR) is 92.6 cm³/mol. The van der Waals surface area contributed by atoms with Gasteiger partial charge in [-0.25, -0.2) is 0 Å². The Labute approximate surface area is 138 Å². The number of methoxy groups -OCH3 is 2. The highest BCUT2D eigenvalue weighted by Gasteiger charge is 2.13. The van der Waals surface area contributed by atoms with Gasteiger partial charge in [0.1, 0.15) is 0 Å². The van der Waals surface area contributed by atoms with Crippen molar-refractivity contribution in [3.63, 3.8) is 0 Å². The lowest BCUT2D eigenvalue weighted by atomic mass is 9.95. The largest absolute Gasteiger partial charge is 0.493 e. The van der Waals surface area contributed by atoms with Gasteiger partial charge in [-0.3, -0.25) is 0 Å². The van der Waals surface area contributed by atoms with Gasteiger partial charge in [-0.2, -0.15) is 0 Å². The molecule has 0 saturated heterocycles. The number of rotatable bonds is 8. The maximum absolute atomic E-state index is 5.92. The van der Waals surface area contributed by atoms with Crippen molar-refractivity contribution in [2.75, 3.05) is 27.4 Å². The molecule has 124 valence electrons. The Morgan fingerprint density at radius 1 is 0.957 bits per heavy atom. The third-order valence-electron chi connectivity index (χ3n) is 3.92. The maximum Gasteiger partial charge on any atom is 0.203 e. The molecule has 0 amide bonds. The molecule has 0 heterocycles. The van der Waals surface area contributed by atoms with Gasteiger partial charge in [0.05, 0.1) is 20.8 Å². The lowest BCUT2D eigenvalue weighted by Crippen LogP contribution is -2.15. The zero-order valence-electron chi connectivity index (χ0n) is 14.0. The third-order valence-corrected chi connectivity index (χ3v) is 3.92. The highest BCUT2D eigenvalue weighted by molar-refractivity contribution is 5.51. The van der Waals surface area contributed by atoms with E-state index in [1.807, 2.05) is 18.2 Å². The quantitative estimate of drug-likeness (QED) is 0.810. The van der Waals surface area contributed by atoms with E-state index in [9.17, 15) is 0 Å². The van der Waals surface area contributed by atoms with Gasteiger partial charge >= 0.3 is 0 Å². The second-order valence-corrected chi connectivity index (χ2v) is 5.47. The Bertz CT molecular complexity index is 611. The SMILES string of the molecule is COc1cccc(OCCC(CN)c2ccc(C)cc2)c1OC. The van der Waals surface area contributed by atoms with E-state index >= 15 is 0 Å². The second kappa shape index (κ2) is 8.44. The van der Waals surface area contributed by atoms with Crippen LogP contribution in [-0.4, -0.2) is 27.4 Å². The summed E-state index contributed by atoms with van der Waals surface area (Å²) < 4.78 is 16.5. The summed E-state index contributed by atoms with van der Waals surface area (Å²) in [6, 6.07) is 14.1. The summed E-state index contributed by atoms with van der Waals surface area (Å²) in [6.07, 6.45) is 0.847. The van der Waals surface area contributed by atoms with E-state index in [1.54, 1.807) is 14.2 Å². The molecule has 1 atom stereocenters. The highest BCUT2D eigenvalue weighted by atomic mass is 16.5. The number of para-hydroxylation sites is 1. The van der Waals surface area contributed by atoms with Gasteiger partial charge in [-0.15, -0.1) is 0 Å². The highest BCUT2D eigenvalue weighted by Crippen LogP contribution is 2.36. The van der Waals surface area contributed by atoms with Crippen LogP contribution >= 0.6 is 0 Å². The summed E-state index contributed by atoms with van der Waals surface area (Å²) in [5.74, 6) is 2.26. The minimum atomic E-state index is 0.284. The Kier molecular flexibility index (Phi) is 6.29. The molecular weight excluding hydrogens is 290 g/mol. The summed E-state index contributed by atoms with van der Waals surface area (Å²) >= 11 is 0. The van der Waals surface area contributed by atoms with E-state index in [2.05, 4.69) is 31.2 Å². The van der Waals surface area contributed by atoms with Gasteiger partial charge in [-0.1, -0.05) is 35.9 Å². The van der Waals surface area contributed by atoms with Gasteiger partial charge in [0.15, 0.2) is 11.5 Å². The van der Waals surface area contributed by atoms with E-state index in [4.69, 9.17) is 19.9 Å². The minimum Gasteiger partial charge on any atom is -0.493 e. The lowest BCUT2D eigenvalue weighted by Gasteiger charge is -2.17. The van der Waals surface area contributed by atoms with Crippen LogP contribution in [0, 0.1) is 6.92 Å². The number of hydrogen-bond donors (Lipinski definition) is 1. The molecule has 4 heteroatoms. The first-order valence-corrected chi connectivity index (χ1v) is 7.80. The summed E-state index contributed by atoms with van der Waals surface area (Å²) in [6.45, 7) is 3.25. The first-order valence-electron chi connectivity index (χ1n) is 7.80. The molecule has 0 aliphatic heterocycles. The standard InChI is InChI=1S/C19H25NO3/c1-14-7-9-15(10-8-14)16(13-20)11-12-23-18-6-4-5-17(21-2)19(18)22-3/h4-10,16H,11-13,20H2,1-3H3. The van der Waals surface area contributed by atoms with Crippen molar-refractivity contribution < 1.29 is 14.2 Å². The molecule has 0 saturated carbocycles. The molecule has 2 N–H and O–H groups in total. The van der Waals surface area contributed by atoms with Gasteiger partial charge in [0.2, 0.25) is 5.75 Å². The topological polar surface area (TPSA) is 53.7 Å². The van der Waals surface area contributed by atoms with Gasteiger partial charge in [0.25, 0.3) is 0 Å². The van der Waals surface area contributed by atoms with Crippen LogP contribution in [0.1, 0.15) is 23.5 Å². The van der Waals surface area contributed by atoms with Crippen molar-refractivity contribution in [2.45, 2.75) is 19.3 Å². The van der Waals surface area contributed by atoms with Gasteiger partial charge < -0.3 is 19.9 Å². The Balaban J connectivity index is 1.99. The van der Waals surface area contributed by atoms with Crippen LogP contribution in [0.15, 0.2) is 42.5 Å². The van der Waals surface area contributed by atoms with Gasteiger partial charge in [0, 0.05) is 0 Å². The third kappa shape index (κ3) is 4.39. The molecule has 1 unspecified atom stereocenters. The van der Waals surface area contributed by atoms with Crippen LogP contribution in [0.5, 0.6) is 17.2 Å². The van der Waals surface area contributed by atoms with Crippen molar-refractivity contribution in [1.29, 1.82) is 0 Å². The van der Waals surface area contributed by atoms with Crippen LogP contribution in [0.2, 0.25) is 0 Å². The van der Waals surface area contributed by atoms with E-state index in [0.29, 0.717) is 30.4 Å². The molecule has 0 fully saturated rings. The molecule has 0 aliphatic carbocycles. The molecule has 2 aromatic carbocycles. The van der Waals surface area contributed by atoms with Crippen molar-refractivity contribution in [1.82, 2.24) is 0 Å². The molecule has 0 aromatic heterocycles. The summed E-state index contributed by atoms with van der Waals surface area (Å²) in [5, 5.41) is 0. The van der Waals surface area contributed by atoms with Crippen LogP contribution in [-0.2, 0) is 0 Å². The van der Waals surface area contributed by atoms with Crippen molar-refractivity contribution in [3.05, 3.63) is 53.6 Å². The number of benzene rings is 2. The van der Waals surface area contributed by atoms with Crippen molar-refractivity contribution >= 4 is 0 Å².